The Morgan fingerprint density at radius 1 is 1.27 bits per heavy atom. The number of hydrogen-bond acceptors (Lipinski definition) is 9. The van der Waals surface area contributed by atoms with E-state index in [4.69, 9.17) is 9.72 Å². The number of anilines is 2. The number of carbonyl (C=O) groups excluding carboxylic acids is 2. The van der Waals surface area contributed by atoms with Crippen molar-refractivity contribution in [2.75, 3.05) is 43.6 Å². The number of hydrogen-bond donors (Lipinski definition) is 3. The molecule has 0 aromatic carbocycles. The van der Waals surface area contributed by atoms with Crippen molar-refractivity contribution in [1.29, 1.82) is 0 Å². The van der Waals surface area contributed by atoms with Crippen LogP contribution in [0.15, 0.2) is 34.6 Å². The standard InChI is InChI=1S/C28H34N6O6S/c1-28(2,3)20-16-41-27(30-20)32-25(38)17-9-12-34-21(14-17)31-23(19(26(34)39)7-8-22(35)36)33-11-5-6-18(15-33)24(37)29-10-13-40-4/h7-9,12,14,16,18H,5-6,10-11,13,15H2,1-4H3,(H,29,37)(H,35,36)(H,30,32,38)/b8-7+. The number of carbonyl (C=O) groups is 3. The first kappa shape index (κ1) is 29.9. The first-order chi connectivity index (χ1) is 19.5. The number of rotatable bonds is 9. The summed E-state index contributed by atoms with van der Waals surface area (Å²) in [5, 5.41) is 17.2. The highest BCUT2D eigenvalue weighted by molar-refractivity contribution is 7.14. The number of pyridine rings is 1. The fraction of sp³-hybridized carbons (Fsp3) is 0.429. The lowest BCUT2D eigenvalue weighted by Gasteiger charge is -2.33. The average molecular weight is 583 g/mol. The van der Waals surface area contributed by atoms with E-state index in [2.05, 4.69) is 15.6 Å². The first-order valence-electron chi connectivity index (χ1n) is 13.2. The van der Waals surface area contributed by atoms with Gasteiger partial charge in [0.1, 0.15) is 11.5 Å². The van der Waals surface area contributed by atoms with Crippen molar-refractivity contribution in [3.8, 4) is 0 Å². The third-order valence-electron chi connectivity index (χ3n) is 6.69. The van der Waals surface area contributed by atoms with Gasteiger partial charge in [-0.1, -0.05) is 20.8 Å². The van der Waals surface area contributed by atoms with Crippen molar-refractivity contribution in [2.45, 2.75) is 39.0 Å². The Labute approximate surface area is 241 Å². The molecule has 3 aromatic heterocycles. The number of aromatic nitrogens is 3. The Morgan fingerprint density at radius 2 is 2.05 bits per heavy atom. The van der Waals surface area contributed by atoms with Gasteiger partial charge >= 0.3 is 5.97 Å². The van der Waals surface area contributed by atoms with E-state index in [0.717, 1.165) is 11.8 Å². The lowest BCUT2D eigenvalue weighted by atomic mass is 9.93. The zero-order chi connectivity index (χ0) is 29.7. The molecule has 1 unspecified atom stereocenters. The van der Waals surface area contributed by atoms with Crippen molar-refractivity contribution in [1.82, 2.24) is 19.7 Å². The van der Waals surface area contributed by atoms with Crippen LogP contribution in [0.3, 0.4) is 0 Å². The number of piperidine rings is 1. The quantitative estimate of drug-likeness (QED) is 0.255. The van der Waals surface area contributed by atoms with E-state index in [-0.39, 0.29) is 39.8 Å². The summed E-state index contributed by atoms with van der Waals surface area (Å²) < 4.78 is 6.27. The summed E-state index contributed by atoms with van der Waals surface area (Å²) in [6.07, 6.45) is 4.89. The minimum atomic E-state index is -1.21. The summed E-state index contributed by atoms with van der Waals surface area (Å²) in [5.74, 6) is -1.82. The van der Waals surface area contributed by atoms with Gasteiger partial charge in [0.05, 0.1) is 23.8 Å². The molecule has 0 radical (unpaired) electrons. The maximum Gasteiger partial charge on any atom is 0.328 e. The molecule has 12 nitrogen and oxygen atoms in total. The number of carboxylic acid groups (broad SMARTS) is 1. The molecule has 0 spiro atoms. The van der Waals surface area contributed by atoms with E-state index in [1.54, 1.807) is 7.11 Å². The van der Waals surface area contributed by atoms with Crippen LogP contribution in [0.2, 0.25) is 0 Å². The van der Waals surface area contributed by atoms with Gasteiger partial charge in [0.25, 0.3) is 11.5 Å². The molecule has 0 saturated carbocycles. The van der Waals surface area contributed by atoms with Crippen molar-refractivity contribution in [3.63, 3.8) is 0 Å². The van der Waals surface area contributed by atoms with Crippen molar-refractivity contribution in [3.05, 3.63) is 57.0 Å². The van der Waals surface area contributed by atoms with E-state index < -0.39 is 17.4 Å². The van der Waals surface area contributed by atoms with Crippen LogP contribution in [0, 0.1) is 5.92 Å². The second-order valence-corrected chi connectivity index (χ2v) is 11.6. The molecule has 1 aliphatic rings. The van der Waals surface area contributed by atoms with Crippen LogP contribution < -0.4 is 21.1 Å². The molecule has 218 valence electrons. The van der Waals surface area contributed by atoms with Crippen LogP contribution in [0.1, 0.15) is 55.2 Å². The first-order valence-corrected chi connectivity index (χ1v) is 14.1. The molecule has 41 heavy (non-hydrogen) atoms. The molecule has 4 rings (SSSR count). The molecule has 2 amide bonds. The van der Waals surface area contributed by atoms with Gasteiger partial charge in [0, 0.05) is 55.4 Å². The molecule has 1 fully saturated rings. The number of ether oxygens (including phenoxy) is 1. The molecule has 13 heteroatoms. The highest BCUT2D eigenvalue weighted by Crippen LogP contribution is 2.27. The number of nitrogens with zero attached hydrogens (tertiary/aromatic N) is 4. The van der Waals surface area contributed by atoms with E-state index in [0.29, 0.717) is 44.2 Å². The Bertz CT molecular complexity index is 1540. The maximum absolute atomic E-state index is 13.5. The summed E-state index contributed by atoms with van der Waals surface area (Å²) in [5.41, 5.74) is 0.790. The van der Waals surface area contributed by atoms with Gasteiger partial charge in [0.15, 0.2) is 5.13 Å². The van der Waals surface area contributed by atoms with Crippen molar-refractivity contribution < 1.29 is 24.2 Å². The summed E-state index contributed by atoms with van der Waals surface area (Å²) in [6.45, 7) is 7.72. The van der Waals surface area contributed by atoms with Crippen molar-refractivity contribution >= 4 is 51.8 Å². The van der Waals surface area contributed by atoms with E-state index in [1.165, 1.54) is 40.1 Å². The normalized spacial score (nSPS) is 15.8. The minimum absolute atomic E-state index is 0.0834. The molecule has 3 N–H and O–H groups in total. The lowest BCUT2D eigenvalue weighted by molar-refractivity contribution is -0.131. The molecule has 0 aliphatic carbocycles. The Balaban J connectivity index is 1.67. The molecule has 4 heterocycles. The minimum Gasteiger partial charge on any atom is -0.478 e. The molecule has 1 atom stereocenters. The fourth-order valence-electron chi connectivity index (χ4n) is 4.47. The largest absolute Gasteiger partial charge is 0.478 e. The Kier molecular flexibility index (Phi) is 9.18. The average Bonchev–Trinajstić information content (AvgIpc) is 3.41. The van der Waals surface area contributed by atoms with Gasteiger partial charge < -0.3 is 20.1 Å². The predicted octanol–water partition coefficient (Wildman–Crippen LogP) is 2.78. The summed E-state index contributed by atoms with van der Waals surface area (Å²) >= 11 is 1.33. The molecule has 1 saturated heterocycles. The Morgan fingerprint density at radius 3 is 2.73 bits per heavy atom. The second-order valence-electron chi connectivity index (χ2n) is 10.8. The van der Waals surface area contributed by atoms with Gasteiger partial charge in [-0.25, -0.2) is 14.8 Å². The lowest BCUT2D eigenvalue weighted by Crippen LogP contribution is -2.44. The number of thiazole rings is 1. The smallest absolute Gasteiger partial charge is 0.328 e. The molecule has 0 bridgehead atoms. The van der Waals surface area contributed by atoms with Gasteiger partial charge in [-0.2, -0.15) is 0 Å². The number of nitrogens with one attached hydrogen (secondary N) is 2. The van der Waals surface area contributed by atoms with Crippen LogP contribution in [-0.4, -0.2) is 70.6 Å². The van der Waals surface area contributed by atoms with Gasteiger partial charge in [-0.3, -0.25) is 24.1 Å². The number of fused-ring (bicyclic) bond motifs is 1. The summed E-state index contributed by atoms with van der Waals surface area (Å²) in [6, 6.07) is 3.00. The SMILES string of the molecule is COCCNC(=O)C1CCCN(c2nc3cc(C(=O)Nc4nc(C(C)(C)C)cs4)ccn3c(=O)c2/C=C/C(=O)O)C1. The zero-order valence-electron chi connectivity index (χ0n) is 23.5. The van der Waals surface area contributed by atoms with Crippen LogP contribution in [0.4, 0.5) is 10.9 Å². The number of carboxylic acids is 1. The van der Waals surface area contributed by atoms with E-state index in [1.807, 2.05) is 31.1 Å². The van der Waals surface area contributed by atoms with E-state index >= 15 is 0 Å². The van der Waals surface area contributed by atoms with Crippen LogP contribution in [-0.2, 0) is 19.7 Å². The molecular weight excluding hydrogens is 548 g/mol. The van der Waals surface area contributed by atoms with Gasteiger partial charge in [-0.05, 0) is 31.1 Å². The van der Waals surface area contributed by atoms with Crippen LogP contribution >= 0.6 is 11.3 Å². The zero-order valence-corrected chi connectivity index (χ0v) is 24.3. The maximum atomic E-state index is 13.5. The third-order valence-corrected chi connectivity index (χ3v) is 7.45. The topological polar surface area (TPSA) is 155 Å². The summed E-state index contributed by atoms with van der Waals surface area (Å²) in [7, 11) is 1.56. The van der Waals surface area contributed by atoms with Crippen LogP contribution in [0.5, 0.6) is 0 Å². The Hall–Kier alpha value is -4.10. The highest BCUT2D eigenvalue weighted by Gasteiger charge is 2.29. The molecule has 3 aromatic rings. The second kappa shape index (κ2) is 12.6. The van der Waals surface area contributed by atoms with Gasteiger partial charge in [0.2, 0.25) is 5.91 Å². The number of amides is 2. The summed E-state index contributed by atoms with van der Waals surface area (Å²) in [4.78, 5) is 61.6. The number of methoxy groups -OCH3 is 1. The van der Waals surface area contributed by atoms with Gasteiger partial charge in [-0.15, -0.1) is 11.3 Å². The highest BCUT2D eigenvalue weighted by atomic mass is 32.1. The van der Waals surface area contributed by atoms with E-state index in [9.17, 15) is 24.3 Å². The molecular formula is C28H34N6O6S. The van der Waals surface area contributed by atoms with Crippen molar-refractivity contribution in [2.24, 2.45) is 5.92 Å². The fourth-order valence-corrected chi connectivity index (χ4v) is 5.40. The molecule has 1 aliphatic heterocycles. The monoisotopic (exact) mass is 582 g/mol. The van der Waals surface area contributed by atoms with Crippen LogP contribution in [0.25, 0.3) is 11.7 Å². The third kappa shape index (κ3) is 7.16. The number of aliphatic carboxylic acids is 1. The predicted molar refractivity (Wildman–Crippen MR) is 157 cm³/mol.